The van der Waals surface area contributed by atoms with Crippen molar-refractivity contribution < 1.29 is 14.6 Å². The third kappa shape index (κ3) is 3.17. The van der Waals surface area contributed by atoms with E-state index in [1.807, 2.05) is 42.8 Å². The summed E-state index contributed by atoms with van der Waals surface area (Å²) < 4.78 is 7.40. The second-order valence-corrected chi connectivity index (χ2v) is 4.49. The van der Waals surface area contributed by atoms with Gasteiger partial charge in [-0.05, 0) is 25.5 Å². The highest BCUT2D eigenvalue weighted by molar-refractivity contribution is 5.67. The molecular formula is C15H18N2O3. The average Bonchev–Trinajstić information content (AvgIpc) is 2.78. The van der Waals surface area contributed by atoms with Gasteiger partial charge in [-0.2, -0.15) is 0 Å². The van der Waals surface area contributed by atoms with Crippen LogP contribution in [0.3, 0.4) is 0 Å². The fraction of sp³-hybridized carbons (Fsp3) is 0.333. The number of hydrogen-bond donors (Lipinski definition) is 1. The van der Waals surface area contributed by atoms with E-state index < -0.39 is 5.97 Å². The molecule has 0 aliphatic heterocycles. The third-order valence-electron chi connectivity index (χ3n) is 3.08. The minimum absolute atomic E-state index is 0.109. The average molecular weight is 274 g/mol. The summed E-state index contributed by atoms with van der Waals surface area (Å²) in [4.78, 5) is 15.0. The van der Waals surface area contributed by atoms with E-state index in [-0.39, 0.29) is 6.42 Å². The maximum Gasteiger partial charge on any atom is 0.303 e. The number of ether oxygens (including phenoxy) is 1. The molecular weight excluding hydrogens is 256 g/mol. The molecule has 0 bridgehead atoms. The Morgan fingerprint density at radius 2 is 2.25 bits per heavy atom. The Labute approximate surface area is 117 Å². The van der Waals surface area contributed by atoms with Crippen LogP contribution in [0.1, 0.15) is 19.0 Å². The van der Waals surface area contributed by atoms with Crippen molar-refractivity contribution in [2.24, 2.45) is 7.05 Å². The first kappa shape index (κ1) is 14.1. The number of imidazole rings is 1. The van der Waals surface area contributed by atoms with Crippen molar-refractivity contribution in [3.63, 3.8) is 0 Å². The van der Waals surface area contributed by atoms with Crippen LogP contribution in [0.5, 0.6) is 5.75 Å². The van der Waals surface area contributed by atoms with Crippen LogP contribution in [-0.2, 0) is 18.3 Å². The van der Waals surface area contributed by atoms with Crippen molar-refractivity contribution in [3.05, 3.63) is 36.2 Å². The molecule has 0 radical (unpaired) electrons. The van der Waals surface area contributed by atoms with Crippen molar-refractivity contribution >= 4 is 5.97 Å². The Hall–Kier alpha value is -2.30. The van der Waals surface area contributed by atoms with Gasteiger partial charge in [-0.25, -0.2) is 4.98 Å². The Morgan fingerprint density at radius 3 is 2.95 bits per heavy atom. The second-order valence-electron chi connectivity index (χ2n) is 4.49. The minimum Gasteiger partial charge on any atom is -0.494 e. The monoisotopic (exact) mass is 274 g/mol. The lowest BCUT2D eigenvalue weighted by Crippen LogP contribution is -2.03. The van der Waals surface area contributed by atoms with E-state index in [0.717, 1.165) is 22.8 Å². The molecule has 0 spiro atoms. The summed E-state index contributed by atoms with van der Waals surface area (Å²) in [6.07, 6.45) is 2.31. The molecule has 20 heavy (non-hydrogen) atoms. The summed E-state index contributed by atoms with van der Waals surface area (Å²) in [5.74, 6) is 0.818. The van der Waals surface area contributed by atoms with E-state index in [0.29, 0.717) is 13.0 Å². The minimum atomic E-state index is -0.800. The summed E-state index contributed by atoms with van der Waals surface area (Å²) in [6, 6.07) is 7.73. The maximum atomic E-state index is 10.6. The van der Waals surface area contributed by atoms with Crippen LogP contribution in [-0.4, -0.2) is 27.2 Å². The van der Waals surface area contributed by atoms with Gasteiger partial charge in [0.15, 0.2) is 0 Å². The molecule has 1 aromatic carbocycles. The number of aliphatic carboxylic acids is 1. The molecule has 5 nitrogen and oxygen atoms in total. The van der Waals surface area contributed by atoms with Gasteiger partial charge in [0, 0.05) is 24.5 Å². The van der Waals surface area contributed by atoms with Gasteiger partial charge >= 0.3 is 5.97 Å². The number of carbonyl (C=O) groups is 1. The van der Waals surface area contributed by atoms with E-state index in [4.69, 9.17) is 9.84 Å². The standard InChI is InChI=1S/C15H18N2O3/c1-3-20-13-6-4-5-11(9-13)15-16-10-12(17(15)2)7-8-14(18)19/h4-6,9-10H,3,7-8H2,1-2H3,(H,18,19). The zero-order chi connectivity index (χ0) is 14.5. The van der Waals surface area contributed by atoms with Gasteiger partial charge in [0.1, 0.15) is 11.6 Å². The van der Waals surface area contributed by atoms with Gasteiger partial charge in [0.25, 0.3) is 0 Å². The Bertz CT molecular complexity index is 605. The van der Waals surface area contributed by atoms with Gasteiger partial charge < -0.3 is 14.4 Å². The maximum absolute atomic E-state index is 10.6. The smallest absolute Gasteiger partial charge is 0.303 e. The number of nitrogens with zero attached hydrogens (tertiary/aromatic N) is 2. The van der Waals surface area contributed by atoms with Crippen LogP contribution >= 0.6 is 0 Å². The SMILES string of the molecule is CCOc1cccc(-c2ncc(CCC(=O)O)n2C)c1. The molecule has 0 saturated heterocycles. The van der Waals surface area contributed by atoms with E-state index in [1.54, 1.807) is 6.20 Å². The first-order valence-corrected chi connectivity index (χ1v) is 6.57. The highest BCUT2D eigenvalue weighted by Crippen LogP contribution is 2.23. The van der Waals surface area contributed by atoms with Gasteiger partial charge in [0.05, 0.1) is 13.0 Å². The van der Waals surface area contributed by atoms with Crippen LogP contribution in [0.25, 0.3) is 11.4 Å². The van der Waals surface area contributed by atoms with Gasteiger partial charge in [0.2, 0.25) is 0 Å². The molecule has 0 fully saturated rings. The summed E-state index contributed by atoms with van der Waals surface area (Å²) in [5, 5.41) is 8.74. The molecule has 0 aliphatic rings. The molecule has 5 heteroatoms. The predicted molar refractivity (Wildman–Crippen MR) is 75.8 cm³/mol. The van der Waals surface area contributed by atoms with E-state index >= 15 is 0 Å². The molecule has 0 unspecified atom stereocenters. The highest BCUT2D eigenvalue weighted by atomic mass is 16.5. The molecule has 106 valence electrons. The van der Waals surface area contributed by atoms with Crippen LogP contribution in [0.4, 0.5) is 0 Å². The number of hydrogen-bond acceptors (Lipinski definition) is 3. The van der Waals surface area contributed by atoms with E-state index in [9.17, 15) is 4.79 Å². The summed E-state index contributed by atoms with van der Waals surface area (Å²) in [5.41, 5.74) is 1.87. The number of aromatic nitrogens is 2. The zero-order valence-electron chi connectivity index (χ0n) is 11.7. The fourth-order valence-electron chi connectivity index (χ4n) is 2.07. The van der Waals surface area contributed by atoms with Crippen molar-refractivity contribution in [1.29, 1.82) is 0 Å². The predicted octanol–water partition coefficient (Wildman–Crippen LogP) is 2.50. The van der Waals surface area contributed by atoms with Gasteiger partial charge in [-0.3, -0.25) is 4.79 Å². The molecule has 1 N–H and O–H groups in total. The summed E-state index contributed by atoms with van der Waals surface area (Å²) >= 11 is 0. The lowest BCUT2D eigenvalue weighted by Gasteiger charge is -2.07. The molecule has 2 aromatic rings. The van der Waals surface area contributed by atoms with Gasteiger partial charge in [-0.1, -0.05) is 12.1 Å². The molecule has 0 amide bonds. The molecule has 0 aliphatic carbocycles. The zero-order valence-corrected chi connectivity index (χ0v) is 11.7. The Balaban J connectivity index is 2.24. The molecule has 0 atom stereocenters. The van der Waals surface area contributed by atoms with Crippen molar-refractivity contribution in [1.82, 2.24) is 9.55 Å². The van der Waals surface area contributed by atoms with Gasteiger partial charge in [-0.15, -0.1) is 0 Å². The van der Waals surface area contributed by atoms with Crippen molar-refractivity contribution in [2.75, 3.05) is 6.61 Å². The van der Waals surface area contributed by atoms with Crippen LogP contribution in [0.15, 0.2) is 30.5 Å². The number of aryl methyl sites for hydroxylation is 1. The Morgan fingerprint density at radius 1 is 1.45 bits per heavy atom. The van der Waals surface area contributed by atoms with E-state index in [1.165, 1.54) is 0 Å². The Kier molecular flexibility index (Phi) is 4.40. The summed E-state index contributed by atoms with van der Waals surface area (Å²) in [7, 11) is 1.90. The van der Waals surface area contributed by atoms with Crippen LogP contribution < -0.4 is 4.74 Å². The quantitative estimate of drug-likeness (QED) is 0.879. The summed E-state index contributed by atoms with van der Waals surface area (Å²) in [6.45, 7) is 2.56. The third-order valence-corrected chi connectivity index (χ3v) is 3.08. The topological polar surface area (TPSA) is 64.3 Å². The van der Waals surface area contributed by atoms with Crippen LogP contribution in [0, 0.1) is 0 Å². The fourth-order valence-corrected chi connectivity index (χ4v) is 2.07. The largest absolute Gasteiger partial charge is 0.494 e. The van der Waals surface area contributed by atoms with Crippen LogP contribution in [0.2, 0.25) is 0 Å². The lowest BCUT2D eigenvalue weighted by molar-refractivity contribution is -0.136. The first-order valence-electron chi connectivity index (χ1n) is 6.57. The second kappa shape index (κ2) is 6.23. The number of benzene rings is 1. The van der Waals surface area contributed by atoms with Crippen molar-refractivity contribution in [2.45, 2.75) is 19.8 Å². The molecule has 1 aromatic heterocycles. The first-order chi connectivity index (χ1) is 9.61. The lowest BCUT2D eigenvalue weighted by atomic mass is 10.2. The molecule has 1 heterocycles. The molecule has 0 saturated carbocycles. The molecule has 2 rings (SSSR count). The number of carboxylic acid groups (broad SMARTS) is 1. The van der Waals surface area contributed by atoms with Crippen molar-refractivity contribution in [3.8, 4) is 17.1 Å². The normalized spacial score (nSPS) is 10.5. The number of rotatable bonds is 6. The highest BCUT2D eigenvalue weighted by Gasteiger charge is 2.10. The van der Waals surface area contributed by atoms with E-state index in [2.05, 4.69) is 4.98 Å². The number of carboxylic acids is 1.